The average Bonchev–Trinajstić information content (AvgIpc) is 2.97. The molecule has 0 amide bonds. The van der Waals surface area contributed by atoms with Crippen LogP contribution in [0.3, 0.4) is 0 Å². The van der Waals surface area contributed by atoms with Gasteiger partial charge in [-0.2, -0.15) is 0 Å². The van der Waals surface area contributed by atoms with Gasteiger partial charge in [-0.15, -0.1) is 5.10 Å². The molecule has 1 aromatic heterocycles. The van der Waals surface area contributed by atoms with Crippen LogP contribution in [0.5, 0.6) is 0 Å². The van der Waals surface area contributed by atoms with Crippen LogP contribution < -0.4 is 0 Å². The summed E-state index contributed by atoms with van der Waals surface area (Å²) >= 11 is 1.70. The first-order chi connectivity index (χ1) is 10.2. The number of nitrogens with zero attached hydrogens (tertiary/aromatic N) is 4. The minimum absolute atomic E-state index is 0.631. The number of tetrazole rings is 1. The van der Waals surface area contributed by atoms with E-state index in [0.29, 0.717) is 12.6 Å². The molecule has 1 rings (SSSR count). The number of unbranched alkanes of at least 4 members (excludes halogenated alkanes) is 3. The Balaban J connectivity index is 2.44. The van der Waals surface area contributed by atoms with Gasteiger partial charge in [-0.25, -0.2) is 4.68 Å². The summed E-state index contributed by atoms with van der Waals surface area (Å²) in [5.41, 5.74) is 0. The fourth-order valence-electron chi connectivity index (χ4n) is 1.93. The quantitative estimate of drug-likeness (QED) is 0.330. The molecule has 122 valence electrons. The molecular weight excluding hydrogens is 308 g/mol. The topological polar surface area (TPSA) is 71.3 Å². The number of hydrogen-bond acceptors (Lipinski definition) is 7. The molecule has 0 N–H and O–H groups in total. The number of aromatic nitrogens is 4. The van der Waals surface area contributed by atoms with Crippen LogP contribution in [-0.2, 0) is 19.8 Å². The van der Waals surface area contributed by atoms with Crippen molar-refractivity contribution >= 4 is 20.6 Å². The summed E-state index contributed by atoms with van der Waals surface area (Å²) in [6, 6.07) is 0.644. The summed E-state index contributed by atoms with van der Waals surface area (Å²) in [5, 5.41) is 12.7. The van der Waals surface area contributed by atoms with E-state index in [9.17, 15) is 0 Å². The molecule has 0 radical (unpaired) electrons. The summed E-state index contributed by atoms with van der Waals surface area (Å²) < 4.78 is 18.0. The third kappa shape index (κ3) is 6.03. The van der Waals surface area contributed by atoms with Crippen molar-refractivity contribution in [1.82, 2.24) is 20.2 Å². The standard InChI is InChI=1S/C12H26N4O3SSi/c1-5-6-7-8-10-20-12-13-14-15-16(12)9-11-21(17-2,18-3)19-4/h5-11H2,1-4H3. The van der Waals surface area contributed by atoms with Crippen molar-refractivity contribution in [3.63, 3.8) is 0 Å². The van der Waals surface area contributed by atoms with Crippen LogP contribution >= 0.6 is 11.8 Å². The fraction of sp³-hybridized carbons (Fsp3) is 0.917. The summed E-state index contributed by atoms with van der Waals surface area (Å²) in [4.78, 5) is 0. The van der Waals surface area contributed by atoms with Gasteiger partial charge < -0.3 is 13.3 Å². The van der Waals surface area contributed by atoms with Gasteiger partial charge in [0, 0.05) is 33.1 Å². The predicted octanol–water partition coefficient (Wildman–Crippen LogP) is 2.22. The first kappa shape index (κ1) is 18.6. The van der Waals surface area contributed by atoms with Crippen molar-refractivity contribution < 1.29 is 13.3 Å². The number of hydrogen-bond donors (Lipinski definition) is 0. The van der Waals surface area contributed by atoms with Crippen LogP contribution in [0.15, 0.2) is 5.16 Å². The van der Waals surface area contributed by atoms with Crippen LogP contribution in [0.4, 0.5) is 0 Å². The Hall–Kier alpha value is -0.483. The van der Waals surface area contributed by atoms with Crippen molar-refractivity contribution in [3.05, 3.63) is 0 Å². The fourth-order valence-corrected chi connectivity index (χ4v) is 4.43. The lowest BCUT2D eigenvalue weighted by Crippen LogP contribution is -2.43. The molecule has 9 heteroatoms. The highest BCUT2D eigenvalue weighted by Gasteiger charge is 2.37. The van der Waals surface area contributed by atoms with Gasteiger partial charge in [0.2, 0.25) is 5.16 Å². The Kier molecular flexibility index (Phi) is 9.09. The van der Waals surface area contributed by atoms with Gasteiger partial charge in [-0.1, -0.05) is 37.9 Å². The van der Waals surface area contributed by atoms with Crippen molar-refractivity contribution in [2.75, 3.05) is 27.1 Å². The zero-order chi connectivity index (χ0) is 15.6. The molecule has 0 bridgehead atoms. The maximum Gasteiger partial charge on any atom is 0.502 e. The van der Waals surface area contributed by atoms with Crippen LogP contribution in [0, 0.1) is 0 Å². The highest BCUT2D eigenvalue weighted by atomic mass is 32.2. The lowest BCUT2D eigenvalue weighted by molar-refractivity contribution is 0.121. The maximum atomic E-state index is 5.41. The second-order valence-electron chi connectivity index (χ2n) is 4.64. The Morgan fingerprint density at radius 3 is 2.43 bits per heavy atom. The number of aryl methyl sites for hydroxylation is 1. The Labute approximate surface area is 132 Å². The summed E-state index contributed by atoms with van der Waals surface area (Å²) in [6.07, 6.45) is 4.99. The molecular formula is C12H26N4O3SSi. The lowest BCUT2D eigenvalue weighted by atomic mass is 10.2. The molecule has 0 unspecified atom stereocenters. The average molecular weight is 335 g/mol. The van der Waals surface area contributed by atoms with Crippen LogP contribution in [0.2, 0.25) is 6.04 Å². The van der Waals surface area contributed by atoms with Crippen molar-refractivity contribution in [2.45, 2.75) is 50.4 Å². The van der Waals surface area contributed by atoms with Crippen molar-refractivity contribution in [3.8, 4) is 0 Å². The van der Waals surface area contributed by atoms with Crippen molar-refractivity contribution in [1.29, 1.82) is 0 Å². The Morgan fingerprint density at radius 2 is 1.81 bits per heavy atom. The molecule has 1 heterocycles. The van der Waals surface area contributed by atoms with E-state index >= 15 is 0 Å². The number of thioether (sulfide) groups is 1. The SMILES string of the molecule is CCCCCCSc1nnnn1CC[Si](OC)(OC)OC. The molecule has 0 saturated heterocycles. The van der Waals surface area contributed by atoms with Crippen LogP contribution in [0.1, 0.15) is 32.6 Å². The second kappa shape index (κ2) is 10.3. The van der Waals surface area contributed by atoms with Gasteiger partial charge in [-0.05, 0) is 16.8 Å². The lowest BCUT2D eigenvalue weighted by Gasteiger charge is -2.24. The van der Waals surface area contributed by atoms with E-state index in [1.54, 1.807) is 37.8 Å². The van der Waals surface area contributed by atoms with E-state index in [2.05, 4.69) is 22.4 Å². The summed E-state index contributed by atoms with van der Waals surface area (Å²) in [7, 11) is 2.27. The first-order valence-electron chi connectivity index (χ1n) is 7.25. The third-order valence-electron chi connectivity index (χ3n) is 3.29. The van der Waals surface area contributed by atoms with Crippen LogP contribution in [-0.4, -0.2) is 56.1 Å². The Bertz CT molecular complexity index is 382. The third-order valence-corrected chi connectivity index (χ3v) is 7.04. The summed E-state index contributed by atoms with van der Waals surface area (Å²) in [6.45, 7) is 2.84. The molecule has 0 fully saturated rings. The van der Waals surface area contributed by atoms with Gasteiger partial charge in [-0.3, -0.25) is 0 Å². The van der Waals surface area contributed by atoms with E-state index in [1.807, 2.05) is 0 Å². The van der Waals surface area contributed by atoms with E-state index in [0.717, 1.165) is 10.9 Å². The van der Waals surface area contributed by atoms with Crippen molar-refractivity contribution in [2.24, 2.45) is 0 Å². The van der Waals surface area contributed by atoms with Gasteiger partial charge in [0.1, 0.15) is 0 Å². The first-order valence-corrected chi connectivity index (χ1v) is 10.2. The van der Waals surface area contributed by atoms with E-state index in [4.69, 9.17) is 13.3 Å². The van der Waals surface area contributed by atoms with E-state index in [-0.39, 0.29) is 0 Å². The molecule has 0 aliphatic heterocycles. The number of rotatable bonds is 12. The van der Waals surface area contributed by atoms with E-state index < -0.39 is 8.80 Å². The normalized spacial score (nSPS) is 12.0. The highest BCUT2D eigenvalue weighted by Crippen LogP contribution is 2.19. The van der Waals surface area contributed by atoms with Gasteiger partial charge in [0.15, 0.2) is 0 Å². The smallest absolute Gasteiger partial charge is 0.377 e. The molecule has 21 heavy (non-hydrogen) atoms. The highest BCUT2D eigenvalue weighted by molar-refractivity contribution is 7.99. The zero-order valence-corrected chi connectivity index (χ0v) is 15.2. The molecule has 0 aliphatic rings. The molecule has 7 nitrogen and oxygen atoms in total. The largest absolute Gasteiger partial charge is 0.502 e. The van der Waals surface area contributed by atoms with Crippen LogP contribution in [0.25, 0.3) is 0 Å². The molecule has 0 aliphatic carbocycles. The molecule has 0 atom stereocenters. The monoisotopic (exact) mass is 334 g/mol. The molecule has 0 saturated carbocycles. The Morgan fingerprint density at radius 1 is 1.10 bits per heavy atom. The predicted molar refractivity (Wildman–Crippen MR) is 84.3 cm³/mol. The van der Waals surface area contributed by atoms with Gasteiger partial charge >= 0.3 is 8.80 Å². The minimum Gasteiger partial charge on any atom is -0.377 e. The van der Waals surface area contributed by atoms with Gasteiger partial charge in [0.25, 0.3) is 0 Å². The maximum absolute atomic E-state index is 5.41. The second-order valence-corrected chi connectivity index (χ2v) is 8.79. The molecule has 0 spiro atoms. The minimum atomic E-state index is -2.57. The zero-order valence-electron chi connectivity index (χ0n) is 13.4. The summed E-state index contributed by atoms with van der Waals surface area (Å²) in [5.74, 6) is 1.04. The molecule has 1 aromatic rings. The van der Waals surface area contributed by atoms with E-state index in [1.165, 1.54) is 25.7 Å². The van der Waals surface area contributed by atoms with Gasteiger partial charge in [0.05, 0.1) is 6.54 Å². The molecule has 0 aromatic carbocycles.